The van der Waals surface area contributed by atoms with Crippen LogP contribution >= 0.6 is 0 Å². The SMILES string of the molecule is O=C(O)C=Cc1ccccc1O.Oc1ccccc1O. The number of hydrogen-bond acceptors (Lipinski definition) is 4. The molecule has 2 aromatic carbocycles. The lowest BCUT2D eigenvalue weighted by atomic mass is 10.2. The van der Waals surface area contributed by atoms with E-state index in [0.717, 1.165) is 6.08 Å². The van der Waals surface area contributed by atoms with Crippen molar-refractivity contribution in [2.45, 2.75) is 0 Å². The minimum atomic E-state index is -1.03. The van der Waals surface area contributed by atoms with Crippen LogP contribution in [0.2, 0.25) is 0 Å². The van der Waals surface area contributed by atoms with Crippen LogP contribution in [-0.4, -0.2) is 26.4 Å². The van der Waals surface area contributed by atoms with E-state index in [-0.39, 0.29) is 17.2 Å². The van der Waals surface area contributed by atoms with Crippen molar-refractivity contribution in [3.05, 3.63) is 60.2 Å². The Balaban J connectivity index is 0.000000217. The third kappa shape index (κ3) is 5.14. The lowest BCUT2D eigenvalue weighted by Gasteiger charge is -1.95. The molecule has 104 valence electrons. The molecule has 5 nitrogen and oxygen atoms in total. The summed E-state index contributed by atoms with van der Waals surface area (Å²) in [7, 11) is 0. The van der Waals surface area contributed by atoms with Crippen molar-refractivity contribution in [2.24, 2.45) is 0 Å². The summed E-state index contributed by atoms with van der Waals surface area (Å²) in [6.45, 7) is 0. The van der Waals surface area contributed by atoms with Crippen molar-refractivity contribution in [1.29, 1.82) is 0 Å². The molecule has 20 heavy (non-hydrogen) atoms. The molecule has 2 rings (SSSR count). The van der Waals surface area contributed by atoms with Gasteiger partial charge in [0.25, 0.3) is 0 Å². The molecule has 0 saturated carbocycles. The first kappa shape index (κ1) is 15.1. The van der Waals surface area contributed by atoms with Crippen LogP contribution in [0.3, 0.4) is 0 Å². The molecule has 0 radical (unpaired) electrons. The largest absolute Gasteiger partial charge is 0.507 e. The Labute approximate surface area is 115 Å². The van der Waals surface area contributed by atoms with Gasteiger partial charge in [-0.25, -0.2) is 4.79 Å². The van der Waals surface area contributed by atoms with Gasteiger partial charge in [-0.3, -0.25) is 0 Å². The smallest absolute Gasteiger partial charge is 0.328 e. The average molecular weight is 274 g/mol. The van der Waals surface area contributed by atoms with Crippen LogP contribution in [0, 0.1) is 0 Å². The predicted octanol–water partition coefficient (Wildman–Crippen LogP) is 2.59. The standard InChI is InChI=1S/C9H8O3.C6H6O2/c10-8-4-2-1-3-7(8)5-6-9(11)12;7-5-3-1-2-4-6(5)8/h1-6,10H,(H,11,12);1-4,7-8H. The van der Waals surface area contributed by atoms with Gasteiger partial charge in [0.1, 0.15) is 5.75 Å². The number of carbonyl (C=O) groups is 1. The number of phenolic OH excluding ortho intramolecular Hbond substituents is 3. The van der Waals surface area contributed by atoms with E-state index in [2.05, 4.69) is 0 Å². The van der Waals surface area contributed by atoms with E-state index < -0.39 is 5.97 Å². The van der Waals surface area contributed by atoms with E-state index in [0.29, 0.717) is 5.56 Å². The summed E-state index contributed by atoms with van der Waals surface area (Å²) in [5, 5.41) is 34.8. The Hall–Kier alpha value is -2.95. The van der Waals surface area contributed by atoms with Crippen LogP contribution in [0.5, 0.6) is 17.2 Å². The molecule has 5 heteroatoms. The van der Waals surface area contributed by atoms with Crippen molar-refractivity contribution in [3.8, 4) is 17.2 Å². The molecule has 0 atom stereocenters. The van der Waals surface area contributed by atoms with Gasteiger partial charge < -0.3 is 20.4 Å². The minimum absolute atomic E-state index is 0.0764. The van der Waals surface area contributed by atoms with Crippen molar-refractivity contribution in [1.82, 2.24) is 0 Å². The lowest BCUT2D eigenvalue weighted by Crippen LogP contribution is -1.85. The van der Waals surface area contributed by atoms with Crippen molar-refractivity contribution in [2.75, 3.05) is 0 Å². The number of aliphatic carboxylic acids is 1. The maximum atomic E-state index is 10.1. The van der Waals surface area contributed by atoms with Gasteiger partial charge in [0, 0.05) is 11.6 Å². The van der Waals surface area contributed by atoms with Gasteiger partial charge in [0.2, 0.25) is 0 Å². The van der Waals surface area contributed by atoms with E-state index in [9.17, 15) is 9.90 Å². The highest BCUT2D eigenvalue weighted by Crippen LogP contribution is 2.21. The minimum Gasteiger partial charge on any atom is -0.507 e. The maximum Gasteiger partial charge on any atom is 0.328 e. The summed E-state index contributed by atoms with van der Waals surface area (Å²) in [6, 6.07) is 12.7. The number of benzene rings is 2. The van der Waals surface area contributed by atoms with Gasteiger partial charge in [-0.15, -0.1) is 0 Å². The Morgan fingerprint density at radius 1 is 0.800 bits per heavy atom. The van der Waals surface area contributed by atoms with Crippen LogP contribution in [0.15, 0.2) is 54.6 Å². The van der Waals surface area contributed by atoms with Crippen LogP contribution < -0.4 is 0 Å². The third-order valence-corrected chi connectivity index (χ3v) is 2.22. The highest BCUT2D eigenvalue weighted by atomic mass is 16.4. The second-order valence-electron chi connectivity index (χ2n) is 3.72. The molecule has 0 aromatic heterocycles. The molecule has 0 aliphatic rings. The monoisotopic (exact) mass is 274 g/mol. The number of rotatable bonds is 2. The number of carboxylic acid groups (broad SMARTS) is 1. The first-order valence-electron chi connectivity index (χ1n) is 5.66. The number of hydrogen-bond donors (Lipinski definition) is 4. The molecule has 0 unspecified atom stereocenters. The van der Waals surface area contributed by atoms with Crippen LogP contribution in [0.25, 0.3) is 6.08 Å². The quantitative estimate of drug-likeness (QED) is 0.498. The third-order valence-electron chi connectivity index (χ3n) is 2.22. The summed E-state index contributed by atoms with van der Waals surface area (Å²) in [5.41, 5.74) is 0.500. The van der Waals surface area contributed by atoms with Crippen molar-refractivity contribution >= 4 is 12.0 Å². The van der Waals surface area contributed by atoms with E-state index in [1.165, 1.54) is 24.3 Å². The fourth-order valence-corrected chi connectivity index (χ4v) is 1.25. The molecule has 2 aromatic rings. The zero-order valence-corrected chi connectivity index (χ0v) is 10.5. The Morgan fingerprint density at radius 3 is 1.65 bits per heavy atom. The number of aromatic hydroxyl groups is 3. The van der Waals surface area contributed by atoms with Gasteiger partial charge in [0.15, 0.2) is 11.5 Å². The van der Waals surface area contributed by atoms with Gasteiger partial charge in [-0.1, -0.05) is 30.3 Å². The van der Waals surface area contributed by atoms with Gasteiger partial charge in [-0.2, -0.15) is 0 Å². The number of para-hydroxylation sites is 3. The van der Waals surface area contributed by atoms with Gasteiger partial charge >= 0.3 is 5.97 Å². The Kier molecular flexibility index (Phi) is 5.65. The van der Waals surface area contributed by atoms with Crippen molar-refractivity contribution < 1.29 is 25.2 Å². The molecule has 0 saturated heterocycles. The Bertz CT molecular complexity index is 584. The summed E-state index contributed by atoms with van der Waals surface area (Å²) < 4.78 is 0. The topological polar surface area (TPSA) is 98.0 Å². The molecular weight excluding hydrogens is 260 g/mol. The fourth-order valence-electron chi connectivity index (χ4n) is 1.25. The fraction of sp³-hybridized carbons (Fsp3) is 0. The molecule has 0 bridgehead atoms. The first-order valence-corrected chi connectivity index (χ1v) is 5.66. The van der Waals surface area contributed by atoms with E-state index in [1.54, 1.807) is 30.3 Å². The van der Waals surface area contributed by atoms with E-state index >= 15 is 0 Å². The molecule has 0 aliphatic heterocycles. The zero-order chi connectivity index (χ0) is 15.0. The van der Waals surface area contributed by atoms with Crippen LogP contribution in [0.1, 0.15) is 5.56 Å². The average Bonchev–Trinajstić information content (AvgIpc) is 2.42. The van der Waals surface area contributed by atoms with Crippen LogP contribution in [0.4, 0.5) is 0 Å². The second-order valence-corrected chi connectivity index (χ2v) is 3.72. The molecule has 0 fully saturated rings. The van der Waals surface area contributed by atoms with E-state index in [4.69, 9.17) is 15.3 Å². The molecule has 0 spiro atoms. The summed E-state index contributed by atoms with van der Waals surface area (Å²) in [5.74, 6) is -1.10. The molecule has 0 amide bonds. The zero-order valence-electron chi connectivity index (χ0n) is 10.5. The number of carboxylic acids is 1. The molecule has 0 heterocycles. The molecule has 4 N–H and O–H groups in total. The normalized spacial score (nSPS) is 9.80. The van der Waals surface area contributed by atoms with Crippen molar-refractivity contribution in [3.63, 3.8) is 0 Å². The van der Waals surface area contributed by atoms with Gasteiger partial charge in [0.05, 0.1) is 0 Å². The first-order chi connectivity index (χ1) is 9.50. The van der Waals surface area contributed by atoms with E-state index in [1.807, 2.05) is 0 Å². The summed E-state index contributed by atoms with van der Waals surface area (Å²) in [6.07, 6.45) is 2.33. The highest BCUT2D eigenvalue weighted by Gasteiger charge is 1.94. The number of phenols is 3. The summed E-state index contributed by atoms with van der Waals surface area (Å²) in [4.78, 5) is 10.1. The predicted molar refractivity (Wildman–Crippen MR) is 74.5 cm³/mol. The molecular formula is C15H14O5. The second kappa shape index (κ2) is 7.48. The maximum absolute atomic E-state index is 10.1. The van der Waals surface area contributed by atoms with Crippen LogP contribution in [-0.2, 0) is 4.79 Å². The Morgan fingerprint density at radius 2 is 1.25 bits per heavy atom. The lowest BCUT2D eigenvalue weighted by molar-refractivity contribution is -0.131. The summed E-state index contributed by atoms with van der Waals surface area (Å²) >= 11 is 0. The highest BCUT2D eigenvalue weighted by molar-refractivity contribution is 5.85. The molecule has 0 aliphatic carbocycles. The van der Waals surface area contributed by atoms with Gasteiger partial charge in [-0.05, 0) is 24.3 Å².